The Kier molecular flexibility index (Phi) is 5.97. The highest BCUT2D eigenvalue weighted by Gasteiger charge is 2.35. The summed E-state index contributed by atoms with van der Waals surface area (Å²) < 4.78 is 21.9. The van der Waals surface area contributed by atoms with Crippen molar-refractivity contribution in [3.8, 4) is 11.1 Å². The van der Waals surface area contributed by atoms with Gasteiger partial charge in [0.05, 0.1) is 31.3 Å². The van der Waals surface area contributed by atoms with Gasteiger partial charge in [0.15, 0.2) is 5.82 Å². The van der Waals surface area contributed by atoms with Crippen molar-refractivity contribution in [2.75, 3.05) is 31.7 Å². The lowest BCUT2D eigenvalue weighted by molar-refractivity contribution is -0.126. The van der Waals surface area contributed by atoms with Crippen molar-refractivity contribution in [1.29, 1.82) is 0 Å². The van der Waals surface area contributed by atoms with E-state index in [2.05, 4.69) is 25.4 Å². The molecule has 34 heavy (non-hydrogen) atoms. The van der Waals surface area contributed by atoms with Gasteiger partial charge in [0.1, 0.15) is 17.7 Å². The number of ether oxygens (including phenoxy) is 1. The monoisotopic (exact) mass is 463 g/mol. The summed E-state index contributed by atoms with van der Waals surface area (Å²) in [4.78, 5) is 19.3. The predicted octanol–water partition coefficient (Wildman–Crippen LogP) is 2.69. The molecule has 1 aliphatic rings. The van der Waals surface area contributed by atoms with Crippen molar-refractivity contribution in [3.63, 3.8) is 0 Å². The van der Waals surface area contributed by atoms with Crippen LogP contribution >= 0.6 is 0 Å². The van der Waals surface area contributed by atoms with Gasteiger partial charge in [-0.25, -0.2) is 13.9 Å². The Morgan fingerprint density at radius 1 is 1.21 bits per heavy atom. The minimum atomic E-state index is -0.290. The maximum atomic E-state index is 13.2. The predicted molar refractivity (Wildman–Crippen MR) is 125 cm³/mol. The summed E-state index contributed by atoms with van der Waals surface area (Å²) in [6, 6.07) is 8.04. The van der Waals surface area contributed by atoms with E-state index in [0.29, 0.717) is 26.2 Å². The zero-order valence-electron chi connectivity index (χ0n) is 19.1. The Bertz CT molecular complexity index is 1290. The number of nitrogens with zero attached hydrogens (tertiary/aromatic N) is 6. The molecule has 1 aromatic carbocycles. The van der Waals surface area contributed by atoms with Gasteiger partial charge in [0.25, 0.3) is 0 Å². The highest BCUT2D eigenvalue weighted by atomic mass is 19.1. The third-order valence-corrected chi connectivity index (χ3v) is 6.16. The Labute approximate surface area is 196 Å². The van der Waals surface area contributed by atoms with Crippen LogP contribution < -0.4 is 10.2 Å². The number of halogens is 1. The minimum Gasteiger partial charge on any atom is -0.383 e. The molecule has 4 aromatic rings. The summed E-state index contributed by atoms with van der Waals surface area (Å²) in [6.45, 7) is 4.33. The van der Waals surface area contributed by atoms with Crippen molar-refractivity contribution in [1.82, 2.24) is 29.7 Å². The lowest BCUT2D eigenvalue weighted by atomic mass is 9.98. The molecule has 0 spiro atoms. The van der Waals surface area contributed by atoms with Crippen LogP contribution in [-0.4, -0.2) is 57.1 Å². The molecular weight excluding hydrogens is 437 g/mol. The van der Waals surface area contributed by atoms with Crippen molar-refractivity contribution in [3.05, 3.63) is 66.6 Å². The van der Waals surface area contributed by atoms with Gasteiger partial charge in [-0.15, -0.1) is 0 Å². The van der Waals surface area contributed by atoms with Gasteiger partial charge < -0.3 is 15.0 Å². The lowest BCUT2D eigenvalue weighted by Gasteiger charge is -2.39. The van der Waals surface area contributed by atoms with Crippen LogP contribution in [0.2, 0.25) is 0 Å². The number of nitrogens with one attached hydrogen (secondary N) is 1. The maximum absolute atomic E-state index is 13.2. The highest BCUT2D eigenvalue weighted by Crippen LogP contribution is 2.30. The average Bonchev–Trinajstić information content (AvgIpc) is 3.44. The summed E-state index contributed by atoms with van der Waals surface area (Å²) in [5.41, 5.74) is 3.73. The molecule has 5 rings (SSSR count). The average molecular weight is 464 g/mol. The second-order valence-corrected chi connectivity index (χ2v) is 8.51. The first kappa shape index (κ1) is 22.0. The van der Waals surface area contributed by atoms with Crippen LogP contribution in [0.15, 0.2) is 55.2 Å². The number of benzene rings is 1. The second kappa shape index (κ2) is 9.22. The van der Waals surface area contributed by atoms with Crippen molar-refractivity contribution >= 4 is 17.2 Å². The first-order valence-corrected chi connectivity index (χ1v) is 11.2. The summed E-state index contributed by atoms with van der Waals surface area (Å²) in [5, 5.41) is 11.8. The fraction of sp³-hybridized carbons (Fsp3) is 0.333. The standard InChI is InChI=1S/C24H26FN7O2/c1-16(17-3-5-21(25)6-4-17)29-24(33)20-11-30(12-20)23-22-9-18(14-32(22)28-15-26-23)19-10-27-31(13-19)7-8-34-2/h3-6,9-10,13-16,20H,7-8,11-12H2,1-2H3,(H,29,33). The smallest absolute Gasteiger partial charge is 0.227 e. The fourth-order valence-corrected chi connectivity index (χ4v) is 4.12. The number of aromatic nitrogens is 5. The number of rotatable bonds is 8. The first-order chi connectivity index (χ1) is 16.5. The highest BCUT2D eigenvalue weighted by molar-refractivity contribution is 5.84. The maximum Gasteiger partial charge on any atom is 0.227 e. The lowest BCUT2D eigenvalue weighted by Crippen LogP contribution is -2.54. The van der Waals surface area contributed by atoms with E-state index < -0.39 is 0 Å². The van der Waals surface area contributed by atoms with Gasteiger partial charge in [-0.2, -0.15) is 10.2 Å². The molecule has 0 aliphatic carbocycles. The topological polar surface area (TPSA) is 89.6 Å². The van der Waals surface area contributed by atoms with Crippen LogP contribution in [0.25, 0.3) is 16.6 Å². The van der Waals surface area contributed by atoms with Crippen LogP contribution in [0, 0.1) is 11.7 Å². The van der Waals surface area contributed by atoms with E-state index >= 15 is 0 Å². The van der Waals surface area contributed by atoms with Crippen LogP contribution in [0.3, 0.4) is 0 Å². The summed E-state index contributed by atoms with van der Waals surface area (Å²) >= 11 is 0. The molecule has 1 amide bonds. The molecule has 9 nitrogen and oxygen atoms in total. The molecule has 176 valence electrons. The third kappa shape index (κ3) is 4.36. The number of fused-ring (bicyclic) bond motifs is 1. The molecule has 1 atom stereocenters. The Balaban J connectivity index is 1.25. The van der Waals surface area contributed by atoms with Crippen molar-refractivity contribution in [2.45, 2.75) is 19.5 Å². The molecule has 0 radical (unpaired) electrons. The fourth-order valence-electron chi connectivity index (χ4n) is 4.12. The zero-order chi connectivity index (χ0) is 23.7. The normalized spacial score (nSPS) is 14.9. The molecule has 1 N–H and O–H groups in total. The van der Waals surface area contributed by atoms with E-state index in [1.165, 1.54) is 18.5 Å². The van der Waals surface area contributed by atoms with E-state index in [4.69, 9.17) is 4.74 Å². The number of anilines is 1. The van der Waals surface area contributed by atoms with Gasteiger partial charge in [-0.1, -0.05) is 12.1 Å². The number of hydrogen-bond donors (Lipinski definition) is 1. The number of methoxy groups -OCH3 is 1. The molecule has 1 fully saturated rings. The van der Waals surface area contributed by atoms with Crippen LogP contribution in [0.4, 0.5) is 10.2 Å². The number of carbonyl (C=O) groups excluding carboxylic acids is 1. The number of hydrogen-bond acceptors (Lipinski definition) is 6. The molecular formula is C24H26FN7O2. The molecule has 3 aromatic heterocycles. The quantitative estimate of drug-likeness (QED) is 0.432. The number of amides is 1. The summed E-state index contributed by atoms with van der Waals surface area (Å²) in [5.74, 6) is 0.356. The zero-order valence-corrected chi connectivity index (χ0v) is 19.1. The van der Waals surface area contributed by atoms with E-state index in [0.717, 1.165) is 28.0 Å². The summed E-state index contributed by atoms with van der Waals surface area (Å²) in [6.07, 6.45) is 7.28. The van der Waals surface area contributed by atoms with Gasteiger partial charge in [-0.3, -0.25) is 9.48 Å². The molecule has 1 aliphatic heterocycles. The van der Waals surface area contributed by atoms with E-state index in [-0.39, 0.29) is 23.7 Å². The van der Waals surface area contributed by atoms with E-state index in [1.54, 1.807) is 23.8 Å². The molecule has 1 unspecified atom stereocenters. The largest absolute Gasteiger partial charge is 0.383 e. The molecule has 4 heterocycles. The Hall–Kier alpha value is -3.79. The SMILES string of the molecule is COCCn1cc(-c2cc3c(N4CC(C(=O)NC(C)c5ccc(F)cc5)C4)ncnn3c2)cn1. The van der Waals surface area contributed by atoms with E-state index in [9.17, 15) is 9.18 Å². The number of carbonyl (C=O) groups is 1. The van der Waals surface area contributed by atoms with Crippen molar-refractivity contribution < 1.29 is 13.9 Å². The first-order valence-electron chi connectivity index (χ1n) is 11.2. The molecule has 0 saturated carbocycles. The van der Waals surface area contributed by atoms with E-state index in [1.807, 2.05) is 36.3 Å². The molecule has 0 bridgehead atoms. The van der Waals surface area contributed by atoms with Gasteiger partial charge in [0.2, 0.25) is 5.91 Å². The van der Waals surface area contributed by atoms with Crippen LogP contribution in [-0.2, 0) is 16.1 Å². The van der Waals surface area contributed by atoms with Crippen molar-refractivity contribution in [2.24, 2.45) is 5.92 Å². The second-order valence-electron chi connectivity index (χ2n) is 8.51. The van der Waals surface area contributed by atoms with Gasteiger partial charge >= 0.3 is 0 Å². The minimum absolute atomic E-state index is 0.0160. The Morgan fingerprint density at radius 2 is 2.00 bits per heavy atom. The van der Waals surface area contributed by atoms with Gasteiger partial charge in [-0.05, 0) is 30.7 Å². The third-order valence-electron chi connectivity index (χ3n) is 6.16. The van der Waals surface area contributed by atoms with Crippen LogP contribution in [0.1, 0.15) is 18.5 Å². The molecule has 1 saturated heterocycles. The molecule has 10 heteroatoms. The summed E-state index contributed by atoms with van der Waals surface area (Å²) in [7, 11) is 1.67. The van der Waals surface area contributed by atoms with Gasteiger partial charge in [0, 0.05) is 43.7 Å². The van der Waals surface area contributed by atoms with Crippen LogP contribution in [0.5, 0.6) is 0 Å². The Morgan fingerprint density at radius 3 is 2.76 bits per heavy atom.